The zero-order valence-electron chi connectivity index (χ0n) is 11.5. The van der Waals surface area contributed by atoms with Crippen LogP contribution in [0.1, 0.15) is 10.4 Å². The highest BCUT2D eigenvalue weighted by Gasteiger charge is 2.28. The number of rotatable bonds is 3. The molecule has 1 unspecified atom stereocenters. The molecule has 1 aliphatic rings. The maximum absolute atomic E-state index is 12.5. The van der Waals surface area contributed by atoms with Crippen LogP contribution in [0.2, 0.25) is 0 Å². The van der Waals surface area contributed by atoms with Crippen molar-refractivity contribution in [3.63, 3.8) is 0 Å². The van der Waals surface area contributed by atoms with E-state index < -0.39 is 0 Å². The van der Waals surface area contributed by atoms with Crippen molar-refractivity contribution >= 4 is 17.7 Å². The molecule has 104 valence electrons. The van der Waals surface area contributed by atoms with Crippen LogP contribution in [0, 0.1) is 0 Å². The molecule has 1 heterocycles. The lowest BCUT2D eigenvalue weighted by Crippen LogP contribution is -2.56. The Morgan fingerprint density at radius 2 is 2.05 bits per heavy atom. The molecule has 1 aromatic rings. The van der Waals surface area contributed by atoms with Crippen molar-refractivity contribution < 1.29 is 4.79 Å². The van der Waals surface area contributed by atoms with Gasteiger partial charge in [-0.3, -0.25) is 4.79 Å². The normalized spacial score (nSPS) is 20.6. The van der Waals surface area contributed by atoms with Gasteiger partial charge in [0, 0.05) is 36.6 Å². The molecule has 5 heteroatoms. The predicted molar refractivity (Wildman–Crippen MR) is 79.6 cm³/mol. The van der Waals surface area contributed by atoms with E-state index in [4.69, 9.17) is 5.73 Å². The molecule has 1 saturated heterocycles. The van der Waals surface area contributed by atoms with Gasteiger partial charge in [0.15, 0.2) is 0 Å². The van der Waals surface area contributed by atoms with Crippen LogP contribution in [-0.2, 0) is 0 Å². The molecule has 1 atom stereocenters. The lowest BCUT2D eigenvalue weighted by Gasteiger charge is -2.39. The highest BCUT2D eigenvalue weighted by molar-refractivity contribution is 7.98. The van der Waals surface area contributed by atoms with Gasteiger partial charge in [-0.25, -0.2) is 0 Å². The van der Waals surface area contributed by atoms with Crippen LogP contribution in [-0.4, -0.2) is 61.2 Å². The lowest BCUT2D eigenvalue weighted by atomic mass is 10.1. The topological polar surface area (TPSA) is 49.6 Å². The Bertz CT molecular complexity index is 435. The molecule has 4 nitrogen and oxygen atoms in total. The number of amides is 1. The van der Waals surface area contributed by atoms with Gasteiger partial charge in [0.2, 0.25) is 0 Å². The molecule has 1 fully saturated rings. The van der Waals surface area contributed by atoms with Crippen LogP contribution < -0.4 is 5.73 Å². The van der Waals surface area contributed by atoms with Crippen molar-refractivity contribution in [2.45, 2.75) is 10.9 Å². The van der Waals surface area contributed by atoms with Crippen molar-refractivity contribution in [1.29, 1.82) is 0 Å². The Morgan fingerprint density at radius 1 is 1.37 bits per heavy atom. The van der Waals surface area contributed by atoms with E-state index in [1.165, 1.54) is 4.90 Å². The van der Waals surface area contributed by atoms with E-state index in [9.17, 15) is 4.79 Å². The molecule has 0 aromatic heterocycles. The van der Waals surface area contributed by atoms with Gasteiger partial charge in [0.1, 0.15) is 0 Å². The number of thioether (sulfide) groups is 1. The second-order valence-corrected chi connectivity index (χ2v) is 5.76. The van der Waals surface area contributed by atoms with E-state index in [1.807, 2.05) is 35.4 Å². The van der Waals surface area contributed by atoms with Crippen LogP contribution in [0.5, 0.6) is 0 Å². The summed E-state index contributed by atoms with van der Waals surface area (Å²) in [6.07, 6.45) is 2.03. The van der Waals surface area contributed by atoms with Crippen molar-refractivity contribution in [3.8, 4) is 0 Å². The monoisotopic (exact) mass is 279 g/mol. The van der Waals surface area contributed by atoms with E-state index >= 15 is 0 Å². The van der Waals surface area contributed by atoms with Crippen LogP contribution in [0.4, 0.5) is 0 Å². The smallest absolute Gasteiger partial charge is 0.254 e. The first-order valence-electron chi connectivity index (χ1n) is 6.49. The quantitative estimate of drug-likeness (QED) is 0.843. The molecule has 19 heavy (non-hydrogen) atoms. The van der Waals surface area contributed by atoms with Gasteiger partial charge in [-0.1, -0.05) is 0 Å². The van der Waals surface area contributed by atoms with E-state index in [-0.39, 0.29) is 11.9 Å². The number of benzene rings is 1. The molecular weight excluding hydrogens is 258 g/mol. The fourth-order valence-electron chi connectivity index (χ4n) is 2.38. The summed E-state index contributed by atoms with van der Waals surface area (Å²) >= 11 is 1.68. The number of likely N-dealkylation sites (N-methyl/N-ethyl adjacent to an activating group) is 1. The average molecular weight is 279 g/mol. The van der Waals surface area contributed by atoms with Crippen molar-refractivity contribution in [2.24, 2.45) is 5.73 Å². The van der Waals surface area contributed by atoms with Gasteiger partial charge < -0.3 is 15.5 Å². The van der Waals surface area contributed by atoms with E-state index in [1.54, 1.807) is 11.8 Å². The Labute approximate surface area is 118 Å². The third-order valence-electron chi connectivity index (χ3n) is 3.56. The van der Waals surface area contributed by atoms with Crippen molar-refractivity contribution in [1.82, 2.24) is 9.80 Å². The SMILES string of the molecule is CSc1ccc(C(=O)N2CCN(C)CC2CN)cc1. The first-order chi connectivity index (χ1) is 9.15. The van der Waals surface area contributed by atoms with Crippen LogP contribution >= 0.6 is 11.8 Å². The summed E-state index contributed by atoms with van der Waals surface area (Å²) in [7, 11) is 2.07. The van der Waals surface area contributed by atoms with Gasteiger partial charge in [-0.05, 0) is 37.6 Å². The molecule has 2 N–H and O–H groups in total. The first-order valence-corrected chi connectivity index (χ1v) is 7.72. The number of hydrogen-bond donors (Lipinski definition) is 1. The number of piperazine rings is 1. The minimum Gasteiger partial charge on any atom is -0.332 e. The van der Waals surface area contributed by atoms with Crippen LogP contribution in [0.25, 0.3) is 0 Å². The summed E-state index contributed by atoms with van der Waals surface area (Å²) in [4.78, 5) is 17.8. The molecule has 0 bridgehead atoms. The largest absolute Gasteiger partial charge is 0.332 e. The Kier molecular flexibility index (Phi) is 4.85. The van der Waals surface area contributed by atoms with E-state index in [2.05, 4.69) is 11.9 Å². The minimum absolute atomic E-state index is 0.0937. The van der Waals surface area contributed by atoms with Crippen LogP contribution in [0.15, 0.2) is 29.2 Å². The average Bonchev–Trinajstić information content (AvgIpc) is 2.46. The van der Waals surface area contributed by atoms with E-state index in [0.29, 0.717) is 6.54 Å². The minimum atomic E-state index is 0.0937. The standard InChI is InChI=1S/C14H21N3OS/c1-16-7-8-17(12(9-15)10-16)14(18)11-3-5-13(19-2)6-4-11/h3-6,12H,7-10,15H2,1-2H3. The highest BCUT2D eigenvalue weighted by atomic mass is 32.2. The zero-order valence-corrected chi connectivity index (χ0v) is 12.3. The number of carbonyl (C=O) groups is 1. The molecule has 2 rings (SSSR count). The number of hydrogen-bond acceptors (Lipinski definition) is 4. The maximum atomic E-state index is 12.5. The molecule has 1 aromatic carbocycles. The summed E-state index contributed by atoms with van der Waals surface area (Å²) in [5.74, 6) is 0.0937. The fraction of sp³-hybridized carbons (Fsp3) is 0.500. The van der Waals surface area contributed by atoms with Gasteiger partial charge in [0.25, 0.3) is 5.91 Å². The third-order valence-corrected chi connectivity index (χ3v) is 4.30. The Morgan fingerprint density at radius 3 is 2.63 bits per heavy atom. The number of nitrogens with two attached hydrogens (primary N) is 1. The molecule has 0 aliphatic carbocycles. The summed E-state index contributed by atoms with van der Waals surface area (Å²) in [5.41, 5.74) is 6.54. The van der Waals surface area contributed by atoms with Gasteiger partial charge >= 0.3 is 0 Å². The molecule has 0 spiro atoms. The Balaban J connectivity index is 2.13. The molecule has 1 aliphatic heterocycles. The van der Waals surface area contributed by atoms with Gasteiger partial charge in [-0.2, -0.15) is 0 Å². The van der Waals surface area contributed by atoms with Crippen molar-refractivity contribution in [3.05, 3.63) is 29.8 Å². The fourth-order valence-corrected chi connectivity index (χ4v) is 2.79. The highest BCUT2D eigenvalue weighted by Crippen LogP contribution is 2.17. The zero-order chi connectivity index (χ0) is 13.8. The Hall–Kier alpha value is -1.04. The second kappa shape index (κ2) is 6.41. The summed E-state index contributed by atoms with van der Waals surface area (Å²) in [6.45, 7) is 3.02. The van der Waals surface area contributed by atoms with Crippen molar-refractivity contribution in [2.75, 3.05) is 39.5 Å². The number of nitrogens with zero attached hydrogens (tertiary/aromatic N) is 2. The van der Waals surface area contributed by atoms with Crippen LogP contribution in [0.3, 0.4) is 0 Å². The molecule has 0 radical (unpaired) electrons. The summed E-state index contributed by atoms with van der Waals surface area (Å²) in [5, 5.41) is 0. The molecule has 0 saturated carbocycles. The predicted octanol–water partition coefficient (Wildman–Crippen LogP) is 1.12. The van der Waals surface area contributed by atoms with Gasteiger partial charge in [-0.15, -0.1) is 11.8 Å². The first kappa shape index (κ1) is 14.4. The summed E-state index contributed by atoms with van der Waals surface area (Å²) < 4.78 is 0. The molecular formula is C14H21N3OS. The summed E-state index contributed by atoms with van der Waals surface area (Å²) in [6, 6.07) is 7.91. The molecule has 1 amide bonds. The van der Waals surface area contributed by atoms with E-state index in [0.717, 1.165) is 25.2 Å². The second-order valence-electron chi connectivity index (χ2n) is 4.88. The van der Waals surface area contributed by atoms with Gasteiger partial charge in [0.05, 0.1) is 6.04 Å². The number of carbonyl (C=O) groups excluding carboxylic acids is 1. The lowest BCUT2D eigenvalue weighted by molar-refractivity contribution is 0.0516. The maximum Gasteiger partial charge on any atom is 0.254 e. The third kappa shape index (κ3) is 3.29.